The summed E-state index contributed by atoms with van der Waals surface area (Å²) >= 11 is 0. The number of benzene rings is 3. The minimum Gasteiger partial charge on any atom is -0.329 e. The van der Waals surface area contributed by atoms with Gasteiger partial charge in [0.05, 0.1) is 23.4 Å². The zero-order valence-electron chi connectivity index (χ0n) is 15.2. The van der Waals surface area contributed by atoms with Crippen molar-refractivity contribution in [3.8, 4) is 0 Å². The van der Waals surface area contributed by atoms with Gasteiger partial charge >= 0.3 is 0 Å². The zero-order chi connectivity index (χ0) is 20.4. The van der Waals surface area contributed by atoms with E-state index in [-0.39, 0.29) is 6.54 Å². The van der Waals surface area contributed by atoms with Gasteiger partial charge in [-0.2, -0.15) is 0 Å². The van der Waals surface area contributed by atoms with Gasteiger partial charge in [0.1, 0.15) is 16.5 Å². The molecule has 5 nitrogen and oxygen atoms in total. The third-order valence-corrected chi connectivity index (χ3v) is 6.11. The number of nitrogens with zero attached hydrogens (tertiary/aromatic N) is 2. The van der Waals surface area contributed by atoms with Crippen LogP contribution in [0.25, 0.3) is 11.0 Å². The van der Waals surface area contributed by atoms with Crippen LogP contribution in [0.2, 0.25) is 0 Å². The fourth-order valence-electron chi connectivity index (χ4n) is 3.17. The molecule has 0 aliphatic heterocycles. The number of imidazole rings is 1. The van der Waals surface area contributed by atoms with E-state index in [1.807, 2.05) is 24.3 Å². The van der Waals surface area contributed by atoms with E-state index < -0.39 is 32.6 Å². The van der Waals surface area contributed by atoms with E-state index in [4.69, 9.17) is 0 Å². The molecule has 4 aromatic rings. The summed E-state index contributed by atoms with van der Waals surface area (Å²) < 4.78 is 57.5. The quantitative estimate of drug-likeness (QED) is 0.519. The van der Waals surface area contributed by atoms with E-state index in [9.17, 15) is 17.2 Å². The Morgan fingerprint density at radius 2 is 1.62 bits per heavy atom. The molecule has 1 aromatic heterocycles. The number of sulfonamides is 1. The predicted octanol–water partition coefficient (Wildman–Crippen LogP) is 4.03. The second-order valence-corrected chi connectivity index (χ2v) is 8.22. The highest BCUT2D eigenvalue weighted by atomic mass is 32.2. The Balaban J connectivity index is 1.73. The highest BCUT2D eigenvalue weighted by molar-refractivity contribution is 7.89. The number of rotatable bonds is 6. The molecule has 0 aliphatic carbocycles. The summed E-state index contributed by atoms with van der Waals surface area (Å²) in [5.41, 5.74) is 2.14. The van der Waals surface area contributed by atoms with Crippen molar-refractivity contribution in [3.05, 3.63) is 96.3 Å². The van der Waals surface area contributed by atoms with Crippen molar-refractivity contribution in [2.75, 3.05) is 0 Å². The van der Waals surface area contributed by atoms with Crippen molar-refractivity contribution in [1.29, 1.82) is 0 Å². The molecule has 0 fully saturated rings. The average molecular weight is 413 g/mol. The average Bonchev–Trinajstić information content (AvgIpc) is 3.11. The summed E-state index contributed by atoms with van der Waals surface area (Å²) in [6, 6.07) is 17.3. The number of para-hydroxylation sites is 2. The van der Waals surface area contributed by atoms with Crippen molar-refractivity contribution in [2.45, 2.75) is 17.5 Å². The molecule has 1 N–H and O–H groups in total. The van der Waals surface area contributed by atoms with Crippen molar-refractivity contribution < 1.29 is 17.2 Å². The van der Waals surface area contributed by atoms with Crippen molar-refractivity contribution in [1.82, 2.24) is 14.3 Å². The number of halogens is 2. The van der Waals surface area contributed by atoms with Crippen molar-refractivity contribution in [2.24, 2.45) is 0 Å². The van der Waals surface area contributed by atoms with Gasteiger partial charge < -0.3 is 4.57 Å². The second kappa shape index (κ2) is 7.73. The Labute approximate surface area is 166 Å². The van der Waals surface area contributed by atoms with Crippen LogP contribution in [0.1, 0.15) is 11.6 Å². The maximum absolute atomic E-state index is 14.1. The lowest BCUT2D eigenvalue weighted by atomic mass is 10.1. The molecule has 0 aliphatic rings. The number of hydrogen-bond donors (Lipinski definition) is 1. The molecule has 8 heteroatoms. The molecular formula is C21H17F2N3O2S. The number of nitrogens with one attached hydrogen (secondary N) is 1. The van der Waals surface area contributed by atoms with E-state index >= 15 is 0 Å². The van der Waals surface area contributed by atoms with Gasteiger partial charge in [0, 0.05) is 6.54 Å². The van der Waals surface area contributed by atoms with Gasteiger partial charge in [-0.1, -0.05) is 36.4 Å². The molecule has 0 saturated heterocycles. The first-order valence-corrected chi connectivity index (χ1v) is 10.3. The molecular weight excluding hydrogens is 396 g/mol. The summed E-state index contributed by atoms with van der Waals surface area (Å²) in [7, 11) is -4.16. The maximum atomic E-state index is 14.1. The monoisotopic (exact) mass is 413 g/mol. The van der Waals surface area contributed by atoms with E-state index in [1.165, 1.54) is 42.5 Å². The molecule has 0 radical (unpaired) electrons. The highest BCUT2D eigenvalue weighted by Crippen LogP contribution is 2.23. The molecule has 0 bridgehead atoms. The Morgan fingerprint density at radius 3 is 2.38 bits per heavy atom. The maximum Gasteiger partial charge on any atom is 0.244 e. The molecule has 148 valence electrons. The lowest BCUT2D eigenvalue weighted by molar-refractivity contribution is 0.508. The number of aromatic nitrogens is 2. The Hall–Kier alpha value is -3.10. The van der Waals surface area contributed by atoms with E-state index in [1.54, 1.807) is 10.9 Å². The van der Waals surface area contributed by atoms with Crippen LogP contribution in [0.15, 0.2) is 84.0 Å². The lowest BCUT2D eigenvalue weighted by Crippen LogP contribution is -2.32. The second-order valence-electron chi connectivity index (χ2n) is 6.54. The fourth-order valence-corrected chi connectivity index (χ4v) is 4.47. The molecule has 1 atom stereocenters. The molecule has 29 heavy (non-hydrogen) atoms. The summed E-state index contributed by atoms with van der Waals surface area (Å²) in [5.74, 6) is -1.27. The van der Waals surface area contributed by atoms with Crippen LogP contribution in [0, 0.1) is 11.6 Å². The van der Waals surface area contributed by atoms with Crippen molar-refractivity contribution in [3.63, 3.8) is 0 Å². The first kappa shape index (κ1) is 19.2. The van der Waals surface area contributed by atoms with Gasteiger partial charge in [0.2, 0.25) is 10.0 Å². The van der Waals surface area contributed by atoms with Gasteiger partial charge in [-0.05, 0) is 42.0 Å². The fraction of sp³-hybridized carbons (Fsp3) is 0.0952. The molecule has 0 amide bonds. The zero-order valence-corrected chi connectivity index (χ0v) is 16.0. The molecule has 3 aromatic carbocycles. The summed E-state index contributed by atoms with van der Waals surface area (Å²) in [6.07, 6.45) is 1.61. The number of hydrogen-bond acceptors (Lipinski definition) is 3. The van der Waals surface area contributed by atoms with E-state index in [0.717, 1.165) is 17.1 Å². The Morgan fingerprint density at radius 1 is 0.931 bits per heavy atom. The summed E-state index contributed by atoms with van der Waals surface area (Å²) in [6.45, 7) is 0.194. The van der Waals surface area contributed by atoms with Crippen LogP contribution in [0.3, 0.4) is 0 Å². The minimum atomic E-state index is -4.16. The molecule has 0 unspecified atom stereocenters. The van der Waals surface area contributed by atoms with Gasteiger partial charge in [0.15, 0.2) is 0 Å². The molecule has 0 spiro atoms. The summed E-state index contributed by atoms with van der Waals surface area (Å²) in [5, 5.41) is 0. The van der Waals surface area contributed by atoms with Gasteiger partial charge in [-0.25, -0.2) is 26.9 Å². The molecule has 1 heterocycles. The topological polar surface area (TPSA) is 64.0 Å². The number of fused-ring (bicyclic) bond motifs is 1. The van der Waals surface area contributed by atoms with Crippen LogP contribution in [-0.4, -0.2) is 18.0 Å². The van der Waals surface area contributed by atoms with Crippen LogP contribution in [-0.2, 0) is 16.6 Å². The minimum absolute atomic E-state index is 0.194. The van der Waals surface area contributed by atoms with Crippen LogP contribution >= 0.6 is 0 Å². The first-order valence-electron chi connectivity index (χ1n) is 8.86. The van der Waals surface area contributed by atoms with E-state index in [0.29, 0.717) is 5.56 Å². The normalized spacial score (nSPS) is 12.9. The van der Waals surface area contributed by atoms with Crippen LogP contribution in [0.5, 0.6) is 0 Å². The summed E-state index contributed by atoms with van der Waals surface area (Å²) in [4.78, 5) is 3.87. The van der Waals surface area contributed by atoms with Gasteiger partial charge in [-0.3, -0.25) is 0 Å². The Bertz CT molecular complexity index is 1250. The molecule has 4 rings (SSSR count). The third kappa shape index (κ3) is 4.03. The standard InChI is InChI=1S/C21H17F2N3O2S/c22-16-11-9-15(10-12-16)19(13-26-14-24-18-6-2-3-7-20(18)26)25-29(27,28)21-8-4-1-5-17(21)23/h1-12,14,19,25H,13H2/t19-/m0/s1. The predicted molar refractivity (Wildman–Crippen MR) is 106 cm³/mol. The highest BCUT2D eigenvalue weighted by Gasteiger charge is 2.25. The lowest BCUT2D eigenvalue weighted by Gasteiger charge is -2.20. The Kier molecular flexibility index (Phi) is 5.12. The molecule has 0 saturated carbocycles. The smallest absolute Gasteiger partial charge is 0.244 e. The third-order valence-electron chi connectivity index (χ3n) is 4.60. The van der Waals surface area contributed by atoms with Crippen LogP contribution < -0.4 is 4.72 Å². The van der Waals surface area contributed by atoms with Gasteiger partial charge in [-0.15, -0.1) is 0 Å². The SMILES string of the molecule is O=S(=O)(N[C@@H](Cn1cnc2ccccc21)c1ccc(F)cc1)c1ccccc1F. The largest absolute Gasteiger partial charge is 0.329 e. The van der Waals surface area contributed by atoms with E-state index in [2.05, 4.69) is 9.71 Å². The van der Waals surface area contributed by atoms with Gasteiger partial charge in [0.25, 0.3) is 0 Å². The van der Waals surface area contributed by atoms with Crippen molar-refractivity contribution >= 4 is 21.1 Å². The van der Waals surface area contributed by atoms with Crippen LogP contribution in [0.4, 0.5) is 8.78 Å². The first-order chi connectivity index (χ1) is 13.9.